The summed E-state index contributed by atoms with van der Waals surface area (Å²) in [7, 11) is 3.47. The average Bonchev–Trinajstić information content (AvgIpc) is 3.01. The van der Waals surface area contributed by atoms with Gasteiger partial charge in [-0.05, 0) is 61.1 Å². The minimum absolute atomic E-state index is 0.00363. The van der Waals surface area contributed by atoms with Gasteiger partial charge in [-0.1, -0.05) is 27.2 Å². The molecule has 144 valence electrons. The van der Waals surface area contributed by atoms with E-state index in [0.717, 1.165) is 47.4 Å². The Balaban J connectivity index is 2.28. The molecule has 0 bridgehead atoms. The second-order valence-corrected chi connectivity index (χ2v) is 7.26. The van der Waals surface area contributed by atoms with Crippen LogP contribution in [0.4, 0.5) is 0 Å². The van der Waals surface area contributed by atoms with E-state index in [0.29, 0.717) is 17.3 Å². The highest BCUT2D eigenvalue weighted by Gasteiger charge is 2.20. The van der Waals surface area contributed by atoms with Crippen molar-refractivity contribution in [3.63, 3.8) is 0 Å². The zero-order chi connectivity index (χ0) is 19.7. The number of hydrogen-bond acceptors (Lipinski definition) is 3. The monoisotopic (exact) mass is 367 g/mol. The maximum atomic E-state index is 13.3. The van der Waals surface area contributed by atoms with Gasteiger partial charge in [-0.15, -0.1) is 5.10 Å². The molecule has 2 heterocycles. The van der Waals surface area contributed by atoms with Gasteiger partial charge in [0.15, 0.2) is 5.82 Å². The molecule has 3 aromatic rings. The van der Waals surface area contributed by atoms with Crippen LogP contribution in [0.2, 0.25) is 0 Å². The molecule has 1 aromatic carbocycles. The highest BCUT2D eigenvalue weighted by atomic mass is 16.5. The van der Waals surface area contributed by atoms with Crippen molar-refractivity contribution in [3.8, 4) is 17.1 Å². The van der Waals surface area contributed by atoms with Crippen molar-refractivity contribution < 1.29 is 4.74 Å². The molecular formula is C22H29N3O2. The van der Waals surface area contributed by atoms with Crippen molar-refractivity contribution in [2.75, 3.05) is 7.11 Å². The van der Waals surface area contributed by atoms with Gasteiger partial charge in [0.1, 0.15) is 11.3 Å². The lowest BCUT2D eigenvalue weighted by Crippen LogP contribution is -2.24. The Hall–Kier alpha value is -2.56. The van der Waals surface area contributed by atoms with E-state index >= 15 is 0 Å². The molecule has 2 aromatic heterocycles. The summed E-state index contributed by atoms with van der Waals surface area (Å²) in [6.45, 7) is 8.47. The normalized spacial score (nSPS) is 12.5. The summed E-state index contributed by atoms with van der Waals surface area (Å²) in [5, 5.41) is 4.87. The molecule has 1 atom stereocenters. The number of hydrogen-bond donors (Lipinski definition) is 0. The van der Waals surface area contributed by atoms with Gasteiger partial charge in [0.2, 0.25) is 0 Å². The fourth-order valence-electron chi connectivity index (χ4n) is 3.82. The van der Waals surface area contributed by atoms with Crippen LogP contribution in [-0.4, -0.2) is 21.3 Å². The first kappa shape index (κ1) is 19.2. The lowest BCUT2D eigenvalue weighted by atomic mass is 9.97. The average molecular weight is 367 g/mol. The lowest BCUT2D eigenvalue weighted by molar-refractivity contribution is 0.414. The maximum absolute atomic E-state index is 13.3. The van der Waals surface area contributed by atoms with Crippen LogP contribution in [0.5, 0.6) is 5.75 Å². The summed E-state index contributed by atoms with van der Waals surface area (Å²) in [6, 6.07) is 8.04. The van der Waals surface area contributed by atoms with Gasteiger partial charge < -0.3 is 4.74 Å². The van der Waals surface area contributed by atoms with Crippen LogP contribution >= 0.6 is 0 Å². The zero-order valence-electron chi connectivity index (χ0n) is 17.2. The standard InChI is InChI=1S/C22H29N3O2/c1-7-9-14(3)19-12-15(4)25-20(19)22(26)24(5)21(23-25)18-11-10-17(27-6)13-16(18)8-2/h10-14H,7-9H2,1-6H3. The van der Waals surface area contributed by atoms with E-state index in [1.54, 1.807) is 11.7 Å². The van der Waals surface area contributed by atoms with E-state index in [4.69, 9.17) is 9.84 Å². The van der Waals surface area contributed by atoms with Crippen LogP contribution < -0.4 is 10.3 Å². The molecule has 0 spiro atoms. The van der Waals surface area contributed by atoms with Crippen molar-refractivity contribution in [3.05, 3.63) is 51.4 Å². The number of aromatic nitrogens is 3. The van der Waals surface area contributed by atoms with E-state index in [9.17, 15) is 4.79 Å². The Bertz CT molecular complexity index is 1030. The molecule has 0 radical (unpaired) electrons. The first-order valence-corrected chi connectivity index (χ1v) is 9.69. The van der Waals surface area contributed by atoms with Gasteiger partial charge in [0.25, 0.3) is 5.56 Å². The Morgan fingerprint density at radius 1 is 1.22 bits per heavy atom. The summed E-state index contributed by atoms with van der Waals surface area (Å²) in [5.41, 5.74) is 4.87. The van der Waals surface area contributed by atoms with Crippen LogP contribution in [0.1, 0.15) is 56.4 Å². The van der Waals surface area contributed by atoms with Gasteiger partial charge in [-0.25, -0.2) is 4.52 Å². The van der Waals surface area contributed by atoms with E-state index < -0.39 is 0 Å². The first-order chi connectivity index (χ1) is 12.9. The summed E-state index contributed by atoms with van der Waals surface area (Å²) in [5.74, 6) is 1.83. The predicted molar refractivity (Wildman–Crippen MR) is 110 cm³/mol. The van der Waals surface area contributed by atoms with E-state index in [-0.39, 0.29) is 5.56 Å². The van der Waals surface area contributed by atoms with Gasteiger partial charge in [-0.2, -0.15) is 0 Å². The molecule has 27 heavy (non-hydrogen) atoms. The molecule has 1 unspecified atom stereocenters. The Morgan fingerprint density at radius 2 is 1.96 bits per heavy atom. The largest absolute Gasteiger partial charge is 0.497 e. The van der Waals surface area contributed by atoms with Crippen LogP contribution in [0.25, 0.3) is 16.9 Å². The highest BCUT2D eigenvalue weighted by molar-refractivity contribution is 5.65. The third-order valence-electron chi connectivity index (χ3n) is 5.39. The zero-order valence-corrected chi connectivity index (χ0v) is 17.2. The molecule has 3 rings (SSSR count). The summed E-state index contributed by atoms with van der Waals surface area (Å²) in [4.78, 5) is 13.3. The van der Waals surface area contributed by atoms with E-state index in [2.05, 4.69) is 26.8 Å². The van der Waals surface area contributed by atoms with Crippen molar-refractivity contribution in [2.24, 2.45) is 7.05 Å². The quantitative estimate of drug-likeness (QED) is 0.645. The number of ether oxygens (including phenoxy) is 1. The smallest absolute Gasteiger partial charge is 0.278 e. The molecule has 0 N–H and O–H groups in total. The second-order valence-electron chi connectivity index (χ2n) is 7.26. The Morgan fingerprint density at radius 3 is 2.59 bits per heavy atom. The maximum Gasteiger partial charge on any atom is 0.278 e. The second kappa shape index (κ2) is 7.59. The number of rotatable bonds is 6. The first-order valence-electron chi connectivity index (χ1n) is 9.69. The van der Waals surface area contributed by atoms with Crippen molar-refractivity contribution in [1.82, 2.24) is 14.2 Å². The molecule has 0 saturated carbocycles. The van der Waals surface area contributed by atoms with Gasteiger partial charge >= 0.3 is 0 Å². The van der Waals surface area contributed by atoms with E-state index in [1.807, 2.05) is 36.7 Å². The number of methoxy groups -OCH3 is 1. The number of fused-ring (bicyclic) bond motifs is 1. The molecule has 0 aliphatic heterocycles. The highest BCUT2D eigenvalue weighted by Crippen LogP contribution is 2.29. The third-order valence-corrected chi connectivity index (χ3v) is 5.39. The SMILES string of the molecule is CCCC(C)c1cc(C)n2nc(-c3ccc(OC)cc3CC)n(C)c(=O)c12. The van der Waals surface area contributed by atoms with Gasteiger partial charge in [-0.3, -0.25) is 9.36 Å². The van der Waals surface area contributed by atoms with Crippen LogP contribution in [-0.2, 0) is 13.5 Å². The van der Waals surface area contributed by atoms with Crippen molar-refractivity contribution in [1.29, 1.82) is 0 Å². The van der Waals surface area contributed by atoms with Gasteiger partial charge in [0.05, 0.1) is 7.11 Å². The topological polar surface area (TPSA) is 48.5 Å². The Kier molecular flexibility index (Phi) is 5.40. The molecule has 5 heteroatoms. The summed E-state index contributed by atoms with van der Waals surface area (Å²) >= 11 is 0. The molecule has 0 aliphatic carbocycles. The third kappa shape index (κ3) is 3.27. The molecule has 0 saturated heterocycles. The summed E-state index contributed by atoms with van der Waals surface area (Å²) in [6.07, 6.45) is 2.99. The minimum atomic E-state index is 0.00363. The molecule has 0 fully saturated rings. The Labute approximate surface area is 160 Å². The predicted octanol–water partition coefficient (Wildman–Crippen LogP) is 4.48. The molecule has 0 aliphatic rings. The number of benzene rings is 1. The minimum Gasteiger partial charge on any atom is -0.497 e. The van der Waals surface area contributed by atoms with Crippen molar-refractivity contribution in [2.45, 2.75) is 52.9 Å². The fourth-order valence-corrected chi connectivity index (χ4v) is 3.82. The van der Waals surface area contributed by atoms with E-state index in [1.165, 1.54) is 0 Å². The lowest BCUT2D eigenvalue weighted by Gasteiger charge is -2.14. The van der Waals surface area contributed by atoms with Gasteiger partial charge in [0, 0.05) is 18.3 Å². The number of nitrogens with zero attached hydrogens (tertiary/aromatic N) is 3. The molecule has 5 nitrogen and oxygen atoms in total. The van der Waals surface area contributed by atoms with Crippen LogP contribution in [0, 0.1) is 6.92 Å². The molecule has 0 amide bonds. The van der Waals surface area contributed by atoms with Crippen molar-refractivity contribution >= 4 is 5.52 Å². The summed E-state index contributed by atoms with van der Waals surface area (Å²) < 4.78 is 8.85. The fraction of sp³-hybridized carbons (Fsp3) is 0.455. The van der Waals surface area contributed by atoms with Crippen LogP contribution in [0.15, 0.2) is 29.1 Å². The molecular weight excluding hydrogens is 338 g/mol. The van der Waals surface area contributed by atoms with Crippen LogP contribution in [0.3, 0.4) is 0 Å². The number of aryl methyl sites for hydroxylation is 2.